The fraction of sp³-hybridized carbons (Fsp3) is 0.167. The standard InChI is InChI=1S/C12H11N3O3S/c1-7-4-8(11(17)18)2-3-9(7)5-13-15-12-14-10(16)6-19-12/h2-5H,6H2,1H3,(H,17,18)(H,14,15,16). The SMILES string of the molecule is Cc1cc(C(=O)O)ccc1C=NN=C1NC(=O)CS1. The van der Waals surface area contributed by atoms with Crippen LogP contribution in [0.5, 0.6) is 0 Å². The molecule has 19 heavy (non-hydrogen) atoms. The van der Waals surface area contributed by atoms with E-state index in [-0.39, 0.29) is 11.5 Å². The van der Waals surface area contributed by atoms with Gasteiger partial charge in [-0.1, -0.05) is 17.8 Å². The molecule has 1 fully saturated rings. The summed E-state index contributed by atoms with van der Waals surface area (Å²) in [5.74, 6) is -0.682. The molecule has 1 aromatic rings. The molecule has 6 nitrogen and oxygen atoms in total. The maximum atomic E-state index is 10.9. The Hall–Kier alpha value is -2.15. The number of carboxylic acid groups (broad SMARTS) is 1. The lowest BCUT2D eigenvalue weighted by Crippen LogP contribution is -2.19. The Bertz CT molecular complexity index is 596. The molecule has 1 aliphatic rings. The van der Waals surface area contributed by atoms with Gasteiger partial charge >= 0.3 is 5.97 Å². The van der Waals surface area contributed by atoms with Gasteiger partial charge in [-0.15, -0.1) is 5.10 Å². The molecule has 98 valence electrons. The molecule has 1 aliphatic heterocycles. The number of nitrogens with one attached hydrogen (secondary N) is 1. The average molecular weight is 277 g/mol. The second-order valence-corrected chi connectivity index (χ2v) is 4.83. The molecule has 2 rings (SSSR count). The second kappa shape index (κ2) is 5.66. The zero-order valence-corrected chi connectivity index (χ0v) is 10.9. The van der Waals surface area contributed by atoms with Crippen molar-refractivity contribution in [1.29, 1.82) is 0 Å². The third-order valence-corrected chi connectivity index (χ3v) is 3.31. The monoisotopic (exact) mass is 277 g/mol. The van der Waals surface area contributed by atoms with Gasteiger partial charge < -0.3 is 10.4 Å². The van der Waals surface area contributed by atoms with Crippen molar-refractivity contribution in [3.05, 3.63) is 34.9 Å². The van der Waals surface area contributed by atoms with Crippen molar-refractivity contribution in [3.8, 4) is 0 Å². The van der Waals surface area contributed by atoms with Gasteiger partial charge in [-0.05, 0) is 30.2 Å². The van der Waals surface area contributed by atoms with Gasteiger partial charge in [-0.3, -0.25) is 4.79 Å². The van der Waals surface area contributed by atoms with Gasteiger partial charge in [0.05, 0.1) is 17.5 Å². The second-order valence-electron chi connectivity index (χ2n) is 3.86. The lowest BCUT2D eigenvalue weighted by atomic mass is 10.1. The Morgan fingerprint density at radius 2 is 2.32 bits per heavy atom. The number of carboxylic acids is 1. The Labute approximate surface area is 113 Å². The Kier molecular flexibility index (Phi) is 3.96. The van der Waals surface area contributed by atoms with Crippen molar-refractivity contribution < 1.29 is 14.7 Å². The van der Waals surface area contributed by atoms with Crippen LogP contribution in [-0.2, 0) is 4.79 Å². The normalized spacial score (nSPS) is 17.1. The summed E-state index contributed by atoms with van der Waals surface area (Å²) in [6.07, 6.45) is 1.53. The number of carbonyl (C=O) groups is 2. The summed E-state index contributed by atoms with van der Waals surface area (Å²) in [7, 11) is 0. The average Bonchev–Trinajstić information content (AvgIpc) is 2.77. The highest BCUT2D eigenvalue weighted by Crippen LogP contribution is 2.11. The number of amides is 1. The lowest BCUT2D eigenvalue weighted by Gasteiger charge is -2.00. The van der Waals surface area contributed by atoms with Crippen LogP contribution in [0.3, 0.4) is 0 Å². The predicted molar refractivity (Wildman–Crippen MR) is 73.8 cm³/mol. The van der Waals surface area contributed by atoms with Crippen molar-refractivity contribution in [1.82, 2.24) is 5.32 Å². The zero-order valence-electron chi connectivity index (χ0n) is 10.1. The summed E-state index contributed by atoms with van der Waals surface area (Å²) in [5.41, 5.74) is 1.82. The fourth-order valence-corrected chi connectivity index (χ4v) is 2.11. The molecule has 0 atom stereocenters. The van der Waals surface area contributed by atoms with Crippen LogP contribution in [0.4, 0.5) is 0 Å². The minimum absolute atomic E-state index is 0.0825. The number of nitrogens with zero attached hydrogens (tertiary/aromatic N) is 2. The molecular weight excluding hydrogens is 266 g/mol. The number of hydrogen-bond donors (Lipinski definition) is 2. The van der Waals surface area contributed by atoms with Crippen LogP contribution in [0.1, 0.15) is 21.5 Å². The third kappa shape index (κ3) is 3.41. The smallest absolute Gasteiger partial charge is 0.335 e. The van der Waals surface area contributed by atoms with Crippen LogP contribution in [0.15, 0.2) is 28.4 Å². The van der Waals surface area contributed by atoms with Crippen molar-refractivity contribution in [2.24, 2.45) is 10.2 Å². The molecule has 1 amide bonds. The molecule has 7 heteroatoms. The molecule has 0 saturated carbocycles. The summed E-state index contributed by atoms with van der Waals surface area (Å²) < 4.78 is 0. The van der Waals surface area contributed by atoms with Gasteiger partial charge in [-0.2, -0.15) is 5.10 Å². The number of benzene rings is 1. The first-order valence-electron chi connectivity index (χ1n) is 5.44. The van der Waals surface area contributed by atoms with Crippen LogP contribution in [0.25, 0.3) is 0 Å². The molecule has 2 N–H and O–H groups in total. The summed E-state index contributed by atoms with van der Waals surface area (Å²) >= 11 is 1.29. The quantitative estimate of drug-likeness (QED) is 0.642. The topological polar surface area (TPSA) is 91.1 Å². The van der Waals surface area contributed by atoms with Gasteiger partial charge in [0.25, 0.3) is 0 Å². The molecule has 0 bridgehead atoms. The van der Waals surface area contributed by atoms with Gasteiger partial charge in [0.15, 0.2) is 5.17 Å². The van der Waals surface area contributed by atoms with Crippen LogP contribution >= 0.6 is 11.8 Å². The summed E-state index contributed by atoms with van der Waals surface area (Å²) in [5, 5.41) is 19.6. The number of thioether (sulfide) groups is 1. The Morgan fingerprint density at radius 3 is 2.89 bits per heavy atom. The first kappa shape index (κ1) is 13.3. The van der Waals surface area contributed by atoms with Crippen LogP contribution in [-0.4, -0.2) is 34.1 Å². The molecular formula is C12H11N3O3S. The van der Waals surface area contributed by atoms with Crippen molar-refractivity contribution in [2.75, 3.05) is 5.75 Å². The van der Waals surface area contributed by atoms with E-state index in [0.717, 1.165) is 11.1 Å². The predicted octanol–water partition coefficient (Wildman–Crippen LogP) is 1.25. The Morgan fingerprint density at radius 1 is 1.53 bits per heavy atom. The van der Waals surface area contributed by atoms with Gasteiger partial charge in [0, 0.05) is 0 Å². The molecule has 1 saturated heterocycles. The van der Waals surface area contributed by atoms with Crippen molar-refractivity contribution in [2.45, 2.75) is 6.92 Å². The molecule has 1 heterocycles. The number of rotatable bonds is 3. The highest BCUT2D eigenvalue weighted by molar-refractivity contribution is 8.15. The van der Waals surface area contributed by atoms with Crippen LogP contribution in [0, 0.1) is 6.92 Å². The molecule has 1 aromatic carbocycles. The number of carbonyl (C=O) groups excluding carboxylic acids is 1. The summed E-state index contributed by atoms with van der Waals surface area (Å²) in [6.45, 7) is 1.80. The first-order chi connectivity index (χ1) is 9.06. The van der Waals surface area contributed by atoms with Gasteiger partial charge in [0.1, 0.15) is 0 Å². The summed E-state index contributed by atoms with van der Waals surface area (Å²) in [4.78, 5) is 21.7. The number of hydrogen-bond acceptors (Lipinski definition) is 5. The zero-order chi connectivity index (χ0) is 13.8. The number of aromatic carboxylic acids is 1. The van der Waals surface area contributed by atoms with Crippen molar-refractivity contribution >= 4 is 35.0 Å². The molecule has 0 aliphatic carbocycles. The van der Waals surface area contributed by atoms with Crippen LogP contribution < -0.4 is 5.32 Å². The van der Waals surface area contributed by atoms with E-state index < -0.39 is 5.97 Å². The van der Waals surface area contributed by atoms with Gasteiger partial charge in [0.2, 0.25) is 5.91 Å². The lowest BCUT2D eigenvalue weighted by molar-refractivity contribution is -0.116. The fourth-order valence-electron chi connectivity index (χ4n) is 1.48. The molecule has 0 spiro atoms. The first-order valence-corrected chi connectivity index (χ1v) is 6.42. The minimum Gasteiger partial charge on any atom is -0.478 e. The Balaban J connectivity index is 2.11. The third-order valence-electron chi connectivity index (χ3n) is 2.45. The van der Waals surface area contributed by atoms with E-state index in [9.17, 15) is 9.59 Å². The molecule has 0 unspecified atom stereocenters. The molecule has 0 radical (unpaired) electrons. The highest BCUT2D eigenvalue weighted by atomic mass is 32.2. The summed E-state index contributed by atoms with van der Waals surface area (Å²) in [6, 6.07) is 4.75. The van der Waals surface area contributed by atoms with E-state index in [1.165, 1.54) is 24.0 Å². The van der Waals surface area contributed by atoms with E-state index in [2.05, 4.69) is 15.5 Å². The van der Waals surface area contributed by atoms with E-state index in [0.29, 0.717) is 10.9 Å². The van der Waals surface area contributed by atoms with Crippen molar-refractivity contribution in [3.63, 3.8) is 0 Å². The maximum absolute atomic E-state index is 10.9. The maximum Gasteiger partial charge on any atom is 0.335 e. The van der Waals surface area contributed by atoms with E-state index in [1.807, 2.05) is 0 Å². The van der Waals surface area contributed by atoms with E-state index in [1.54, 1.807) is 19.1 Å². The van der Waals surface area contributed by atoms with E-state index >= 15 is 0 Å². The number of amidine groups is 1. The highest BCUT2D eigenvalue weighted by Gasteiger charge is 2.15. The number of aryl methyl sites for hydroxylation is 1. The largest absolute Gasteiger partial charge is 0.478 e. The molecule has 0 aromatic heterocycles. The minimum atomic E-state index is -0.961. The van der Waals surface area contributed by atoms with E-state index in [4.69, 9.17) is 5.11 Å². The van der Waals surface area contributed by atoms with Gasteiger partial charge in [-0.25, -0.2) is 4.79 Å². The van der Waals surface area contributed by atoms with Crippen LogP contribution in [0.2, 0.25) is 0 Å².